The Morgan fingerprint density at radius 3 is 2.58 bits per heavy atom. The van der Waals surface area contributed by atoms with Crippen LogP contribution >= 0.6 is 0 Å². The normalized spacial score (nSPS) is 27.5. The minimum absolute atomic E-state index is 0.0336. The molecule has 3 aliphatic rings. The number of aromatic hydroxyl groups is 1. The number of carbonyl (C=O) groups is 1. The summed E-state index contributed by atoms with van der Waals surface area (Å²) in [6, 6.07) is 11.0. The highest BCUT2D eigenvalue weighted by Crippen LogP contribution is 2.73. The molecule has 0 amide bonds. The molecule has 3 saturated carbocycles. The van der Waals surface area contributed by atoms with Gasteiger partial charge in [-0.2, -0.15) is 0 Å². The van der Waals surface area contributed by atoms with Crippen molar-refractivity contribution in [1.29, 1.82) is 0 Å². The molecule has 6 heteroatoms. The minimum Gasteiger partial charge on any atom is -0.507 e. The zero-order valence-electron chi connectivity index (χ0n) is 12.8. The van der Waals surface area contributed by atoms with Gasteiger partial charge in [0.1, 0.15) is 5.75 Å². The molecule has 24 heavy (non-hydrogen) atoms. The van der Waals surface area contributed by atoms with Crippen LogP contribution in [0.15, 0.2) is 36.4 Å². The lowest BCUT2D eigenvalue weighted by molar-refractivity contribution is -0.195. The van der Waals surface area contributed by atoms with Crippen LogP contribution < -0.4 is 0 Å². The maximum Gasteiger partial charge on any atom is 0.309 e. The van der Waals surface area contributed by atoms with E-state index in [0.29, 0.717) is 36.2 Å². The van der Waals surface area contributed by atoms with Gasteiger partial charge in [0, 0.05) is 22.1 Å². The van der Waals surface area contributed by atoms with E-state index < -0.39 is 11.4 Å². The van der Waals surface area contributed by atoms with Crippen molar-refractivity contribution >= 4 is 17.0 Å². The van der Waals surface area contributed by atoms with Gasteiger partial charge in [-0.25, -0.2) is 0 Å². The monoisotopic (exact) mass is 321 g/mol. The van der Waals surface area contributed by atoms with E-state index in [0.717, 1.165) is 11.1 Å². The fourth-order valence-electron chi connectivity index (χ4n) is 4.34. The van der Waals surface area contributed by atoms with Crippen molar-refractivity contribution in [3.63, 3.8) is 0 Å². The quantitative estimate of drug-likeness (QED) is 0.689. The van der Waals surface area contributed by atoms with Crippen molar-refractivity contribution in [3.8, 4) is 17.0 Å². The summed E-state index contributed by atoms with van der Waals surface area (Å²) >= 11 is 0. The zero-order valence-corrected chi connectivity index (χ0v) is 12.8. The molecule has 3 fully saturated rings. The van der Waals surface area contributed by atoms with Crippen molar-refractivity contribution in [2.75, 3.05) is 0 Å². The summed E-state index contributed by atoms with van der Waals surface area (Å²) in [6.07, 6.45) is 2.09. The second kappa shape index (κ2) is 4.14. The molecule has 2 aromatic heterocycles. The summed E-state index contributed by atoms with van der Waals surface area (Å²) in [5, 5.41) is 28.6. The summed E-state index contributed by atoms with van der Waals surface area (Å²) in [5.41, 5.74) is 2.47. The second-order valence-electron chi connectivity index (χ2n) is 7.13. The number of nitrogens with one attached hydrogen (secondary N) is 1. The van der Waals surface area contributed by atoms with Gasteiger partial charge in [-0.1, -0.05) is 12.1 Å². The number of aromatic amines is 1. The summed E-state index contributed by atoms with van der Waals surface area (Å²) in [7, 11) is 0. The van der Waals surface area contributed by atoms with Crippen LogP contribution in [0.4, 0.5) is 0 Å². The van der Waals surface area contributed by atoms with Crippen molar-refractivity contribution in [2.45, 2.75) is 24.7 Å². The number of H-pyrrole nitrogens is 1. The lowest BCUT2D eigenvalue weighted by atomic mass is 9.34. The van der Waals surface area contributed by atoms with Crippen molar-refractivity contribution in [3.05, 3.63) is 42.1 Å². The van der Waals surface area contributed by atoms with Gasteiger partial charge in [-0.15, -0.1) is 10.2 Å². The maximum atomic E-state index is 11.3. The van der Waals surface area contributed by atoms with Gasteiger partial charge in [-0.3, -0.25) is 4.79 Å². The van der Waals surface area contributed by atoms with Crippen LogP contribution in [0.3, 0.4) is 0 Å². The highest BCUT2D eigenvalue weighted by atomic mass is 16.4. The number of nitrogens with zero attached hydrogens (tertiary/aromatic N) is 2. The lowest BCUT2D eigenvalue weighted by Crippen LogP contribution is -2.68. The van der Waals surface area contributed by atoms with Gasteiger partial charge in [0.25, 0.3) is 0 Å². The topological polar surface area (TPSA) is 99.1 Å². The standard InChI is InChI=1S/C18H15N3O3/c22-13-4-2-1-3-11(13)12-5-10-6-14(19-15(10)21-20-12)17-7-18(8-17,9-17)16(23)24/h1-6,22H,7-9H2,(H,19,21)(H,23,24). The third-order valence-electron chi connectivity index (χ3n) is 5.61. The number of carboxylic acids is 1. The van der Waals surface area contributed by atoms with E-state index in [1.807, 2.05) is 18.2 Å². The molecule has 6 nitrogen and oxygen atoms in total. The Hall–Kier alpha value is -2.89. The van der Waals surface area contributed by atoms with Crippen LogP contribution in [-0.2, 0) is 10.2 Å². The molecule has 120 valence electrons. The first-order valence-corrected chi connectivity index (χ1v) is 7.90. The molecule has 0 aliphatic heterocycles. The number of phenolic OH excluding ortho intramolecular Hbond substituents is 1. The molecule has 3 N–H and O–H groups in total. The Bertz CT molecular complexity index is 988. The largest absolute Gasteiger partial charge is 0.507 e. The van der Waals surface area contributed by atoms with E-state index in [9.17, 15) is 15.0 Å². The van der Waals surface area contributed by atoms with E-state index in [1.165, 1.54) is 0 Å². The first kappa shape index (κ1) is 13.5. The van der Waals surface area contributed by atoms with Gasteiger partial charge in [0.2, 0.25) is 0 Å². The first-order valence-electron chi connectivity index (χ1n) is 7.90. The second-order valence-corrected chi connectivity index (χ2v) is 7.13. The van der Waals surface area contributed by atoms with Gasteiger partial charge in [0.05, 0.1) is 11.1 Å². The Labute approximate surface area is 137 Å². The molecule has 2 bridgehead atoms. The van der Waals surface area contributed by atoms with E-state index in [-0.39, 0.29) is 11.2 Å². The molecule has 3 aromatic rings. The van der Waals surface area contributed by atoms with Crippen LogP contribution in [0, 0.1) is 5.41 Å². The predicted octanol–water partition coefficient (Wildman–Crippen LogP) is 2.84. The molecular formula is C18H15N3O3. The SMILES string of the molecule is O=C(O)C12CC(c3cc4cc(-c5ccccc5O)nnc4[nH]3)(C1)C2. The molecule has 2 heterocycles. The van der Waals surface area contributed by atoms with E-state index in [4.69, 9.17) is 0 Å². The smallest absolute Gasteiger partial charge is 0.309 e. The fraction of sp³-hybridized carbons (Fsp3) is 0.278. The third-order valence-corrected chi connectivity index (χ3v) is 5.61. The van der Waals surface area contributed by atoms with Crippen LogP contribution in [-0.4, -0.2) is 31.4 Å². The molecule has 6 rings (SSSR count). The molecule has 0 spiro atoms. The van der Waals surface area contributed by atoms with Crippen LogP contribution in [0.1, 0.15) is 25.0 Å². The van der Waals surface area contributed by atoms with Gasteiger partial charge >= 0.3 is 5.97 Å². The number of rotatable bonds is 3. The average molecular weight is 321 g/mol. The Kier molecular flexibility index (Phi) is 2.34. The molecule has 0 saturated heterocycles. The first-order chi connectivity index (χ1) is 11.5. The number of aliphatic carboxylic acids is 1. The average Bonchev–Trinajstić information content (AvgIpc) is 2.87. The molecule has 1 aromatic carbocycles. The highest BCUT2D eigenvalue weighted by Gasteiger charge is 2.73. The number of carboxylic acid groups (broad SMARTS) is 1. The highest BCUT2D eigenvalue weighted by molar-refractivity contribution is 5.84. The summed E-state index contributed by atoms with van der Waals surface area (Å²) in [4.78, 5) is 14.6. The molecule has 0 atom stereocenters. The van der Waals surface area contributed by atoms with Gasteiger partial charge in [-0.05, 0) is 43.5 Å². The number of hydrogen-bond donors (Lipinski definition) is 3. The zero-order chi connectivity index (χ0) is 16.5. The molecule has 0 unspecified atom stereocenters. The third kappa shape index (κ3) is 1.57. The number of fused-ring (bicyclic) bond motifs is 1. The predicted molar refractivity (Wildman–Crippen MR) is 86.6 cm³/mol. The molecule has 3 aliphatic carbocycles. The number of aromatic nitrogens is 3. The van der Waals surface area contributed by atoms with Crippen molar-refractivity contribution in [2.24, 2.45) is 5.41 Å². The number of para-hydroxylation sites is 1. The number of hydrogen-bond acceptors (Lipinski definition) is 4. The maximum absolute atomic E-state index is 11.3. The molecular weight excluding hydrogens is 306 g/mol. The van der Waals surface area contributed by atoms with E-state index in [2.05, 4.69) is 15.2 Å². The Morgan fingerprint density at radius 2 is 1.88 bits per heavy atom. The number of benzene rings is 1. The van der Waals surface area contributed by atoms with Crippen molar-refractivity contribution in [1.82, 2.24) is 15.2 Å². The summed E-state index contributed by atoms with van der Waals surface area (Å²) in [5.74, 6) is -0.508. The van der Waals surface area contributed by atoms with E-state index >= 15 is 0 Å². The van der Waals surface area contributed by atoms with Crippen LogP contribution in [0.25, 0.3) is 22.3 Å². The lowest BCUT2D eigenvalue weighted by Gasteiger charge is -2.67. The Balaban J connectivity index is 1.52. The Morgan fingerprint density at radius 1 is 1.12 bits per heavy atom. The van der Waals surface area contributed by atoms with E-state index in [1.54, 1.807) is 18.2 Å². The minimum atomic E-state index is -0.679. The van der Waals surface area contributed by atoms with Gasteiger partial charge < -0.3 is 15.2 Å². The van der Waals surface area contributed by atoms with Crippen LogP contribution in [0.5, 0.6) is 5.75 Å². The summed E-state index contributed by atoms with van der Waals surface area (Å²) < 4.78 is 0. The van der Waals surface area contributed by atoms with Gasteiger partial charge in [0.15, 0.2) is 5.65 Å². The fourth-order valence-corrected chi connectivity index (χ4v) is 4.34. The van der Waals surface area contributed by atoms with Crippen molar-refractivity contribution < 1.29 is 15.0 Å². The molecule has 0 radical (unpaired) electrons. The van der Waals surface area contributed by atoms with Crippen LogP contribution in [0.2, 0.25) is 0 Å². The number of phenols is 1. The summed E-state index contributed by atoms with van der Waals surface area (Å²) in [6.45, 7) is 0.